The van der Waals surface area contributed by atoms with Gasteiger partial charge in [0.05, 0.1) is 0 Å². The van der Waals surface area contributed by atoms with Gasteiger partial charge in [0.15, 0.2) is 0 Å². The van der Waals surface area contributed by atoms with Crippen molar-refractivity contribution in [1.29, 1.82) is 0 Å². The molecule has 0 amide bonds. The molecule has 0 unspecified atom stereocenters. The summed E-state index contributed by atoms with van der Waals surface area (Å²) in [7, 11) is 0. The monoisotopic (exact) mass is 213 g/mol. The van der Waals surface area contributed by atoms with Crippen LogP contribution in [0.3, 0.4) is 0 Å². The topological polar surface area (TPSA) is 12.0 Å². The Kier molecular flexibility index (Phi) is 3.34. The number of benzene rings is 2. The van der Waals surface area contributed by atoms with Crippen LogP contribution in [-0.4, -0.2) is 0 Å². The molecule has 0 aliphatic carbocycles. The number of halogens is 1. The number of rotatable bonds is 3. The van der Waals surface area contributed by atoms with Crippen molar-refractivity contribution in [3.63, 3.8) is 0 Å². The molecule has 2 aromatic carbocycles. The van der Waals surface area contributed by atoms with Crippen molar-refractivity contribution in [2.75, 3.05) is 5.32 Å². The van der Waals surface area contributed by atoms with Crippen LogP contribution in [0.1, 0.15) is 5.56 Å². The number of nitrogens with one attached hydrogen (secondary N) is 1. The maximum Gasteiger partial charge on any atom is 0.123 e. The third-order valence-corrected chi connectivity index (χ3v) is 2.17. The van der Waals surface area contributed by atoms with E-state index in [1.807, 2.05) is 42.6 Å². The van der Waals surface area contributed by atoms with Gasteiger partial charge in [0.1, 0.15) is 5.82 Å². The van der Waals surface area contributed by atoms with Gasteiger partial charge in [-0.1, -0.05) is 30.3 Å². The molecule has 0 aromatic heterocycles. The third kappa shape index (κ3) is 2.95. The minimum Gasteiger partial charge on any atom is -0.362 e. The van der Waals surface area contributed by atoms with Crippen LogP contribution >= 0.6 is 0 Å². The molecule has 80 valence electrons. The molecule has 1 nitrogen and oxygen atoms in total. The summed E-state index contributed by atoms with van der Waals surface area (Å²) in [6, 6.07) is 16.2. The molecule has 1 N–H and O–H groups in total. The van der Waals surface area contributed by atoms with Crippen molar-refractivity contribution >= 4 is 11.8 Å². The zero-order chi connectivity index (χ0) is 11.2. The SMILES string of the molecule is Fc1ccc(/C=C/Nc2ccccc2)cc1. The summed E-state index contributed by atoms with van der Waals surface area (Å²) in [4.78, 5) is 0. The minimum absolute atomic E-state index is 0.215. The number of hydrogen-bond donors (Lipinski definition) is 1. The van der Waals surface area contributed by atoms with Gasteiger partial charge in [0.25, 0.3) is 0 Å². The first-order valence-electron chi connectivity index (χ1n) is 5.08. The second-order valence-electron chi connectivity index (χ2n) is 3.40. The molecule has 0 fully saturated rings. The Labute approximate surface area is 94.2 Å². The summed E-state index contributed by atoms with van der Waals surface area (Å²) in [6.07, 6.45) is 3.73. The average molecular weight is 213 g/mol. The molecule has 2 rings (SSSR count). The number of hydrogen-bond acceptors (Lipinski definition) is 1. The summed E-state index contributed by atoms with van der Waals surface area (Å²) in [5, 5.41) is 3.13. The van der Waals surface area contributed by atoms with E-state index in [4.69, 9.17) is 0 Å². The lowest BCUT2D eigenvalue weighted by Crippen LogP contribution is -1.85. The Morgan fingerprint density at radius 2 is 1.56 bits per heavy atom. The van der Waals surface area contributed by atoms with Crippen LogP contribution in [-0.2, 0) is 0 Å². The Hall–Kier alpha value is -2.09. The highest BCUT2D eigenvalue weighted by Crippen LogP contribution is 2.07. The van der Waals surface area contributed by atoms with Crippen LogP contribution in [0.15, 0.2) is 60.8 Å². The molecule has 16 heavy (non-hydrogen) atoms. The average Bonchev–Trinajstić information content (AvgIpc) is 2.33. The quantitative estimate of drug-likeness (QED) is 0.815. The maximum absolute atomic E-state index is 12.6. The summed E-state index contributed by atoms with van der Waals surface area (Å²) >= 11 is 0. The molecule has 0 saturated carbocycles. The Morgan fingerprint density at radius 3 is 2.25 bits per heavy atom. The summed E-state index contributed by atoms with van der Waals surface area (Å²) in [6.45, 7) is 0. The van der Waals surface area contributed by atoms with E-state index in [2.05, 4.69) is 5.32 Å². The number of anilines is 1. The van der Waals surface area contributed by atoms with E-state index in [0.717, 1.165) is 11.3 Å². The standard InChI is InChI=1S/C14H12FN/c15-13-8-6-12(7-9-13)10-11-16-14-4-2-1-3-5-14/h1-11,16H/b11-10+. The third-order valence-electron chi connectivity index (χ3n) is 2.17. The molecular weight excluding hydrogens is 201 g/mol. The largest absolute Gasteiger partial charge is 0.362 e. The molecule has 0 aliphatic heterocycles. The van der Waals surface area contributed by atoms with Crippen LogP contribution in [0.4, 0.5) is 10.1 Å². The summed E-state index contributed by atoms with van der Waals surface area (Å²) < 4.78 is 12.6. The Morgan fingerprint density at radius 1 is 0.875 bits per heavy atom. The lowest BCUT2D eigenvalue weighted by molar-refractivity contribution is 0.628. The Balaban J connectivity index is 1.98. The first-order chi connectivity index (χ1) is 7.84. The molecule has 0 spiro atoms. The molecule has 2 aromatic rings. The normalized spacial score (nSPS) is 10.6. The second kappa shape index (κ2) is 5.12. The molecule has 0 radical (unpaired) electrons. The van der Waals surface area contributed by atoms with Gasteiger partial charge in [-0.15, -0.1) is 0 Å². The van der Waals surface area contributed by atoms with Crippen LogP contribution < -0.4 is 5.32 Å². The van der Waals surface area contributed by atoms with Crippen molar-refractivity contribution in [2.24, 2.45) is 0 Å². The molecule has 0 saturated heterocycles. The highest BCUT2D eigenvalue weighted by atomic mass is 19.1. The Bertz CT molecular complexity index is 460. The van der Waals surface area contributed by atoms with Crippen LogP contribution in [0.25, 0.3) is 6.08 Å². The first-order valence-corrected chi connectivity index (χ1v) is 5.08. The van der Waals surface area contributed by atoms with Crippen LogP contribution in [0.5, 0.6) is 0 Å². The lowest BCUT2D eigenvalue weighted by Gasteiger charge is -1.99. The van der Waals surface area contributed by atoms with Crippen molar-refractivity contribution in [2.45, 2.75) is 0 Å². The van der Waals surface area contributed by atoms with Crippen molar-refractivity contribution in [3.8, 4) is 0 Å². The van der Waals surface area contributed by atoms with Gasteiger partial charge in [-0.3, -0.25) is 0 Å². The fourth-order valence-electron chi connectivity index (χ4n) is 1.34. The van der Waals surface area contributed by atoms with Crippen LogP contribution in [0, 0.1) is 5.82 Å². The minimum atomic E-state index is -0.215. The maximum atomic E-state index is 12.6. The molecular formula is C14H12FN. The number of para-hydroxylation sites is 1. The van der Waals surface area contributed by atoms with Gasteiger partial charge in [0, 0.05) is 11.9 Å². The fourth-order valence-corrected chi connectivity index (χ4v) is 1.34. The van der Waals surface area contributed by atoms with Gasteiger partial charge in [-0.25, -0.2) is 4.39 Å². The first kappa shape index (κ1) is 10.4. The lowest BCUT2D eigenvalue weighted by atomic mass is 10.2. The van der Waals surface area contributed by atoms with E-state index >= 15 is 0 Å². The van der Waals surface area contributed by atoms with Gasteiger partial charge in [-0.2, -0.15) is 0 Å². The summed E-state index contributed by atoms with van der Waals surface area (Å²) in [5.74, 6) is -0.215. The van der Waals surface area contributed by atoms with E-state index in [-0.39, 0.29) is 5.82 Å². The molecule has 0 atom stereocenters. The predicted octanol–water partition coefficient (Wildman–Crippen LogP) is 3.91. The predicted molar refractivity (Wildman–Crippen MR) is 65.5 cm³/mol. The highest BCUT2D eigenvalue weighted by Gasteiger charge is 1.88. The smallest absolute Gasteiger partial charge is 0.123 e. The summed E-state index contributed by atoms with van der Waals surface area (Å²) in [5.41, 5.74) is 1.99. The van der Waals surface area contributed by atoms with Gasteiger partial charge < -0.3 is 5.32 Å². The van der Waals surface area contributed by atoms with E-state index < -0.39 is 0 Å². The van der Waals surface area contributed by atoms with Gasteiger partial charge in [0.2, 0.25) is 0 Å². The molecule has 0 aliphatic rings. The van der Waals surface area contributed by atoms with E-state index in [0.29, 0.717) is 0 Å². The molecule has 0 heterocycles. The highest BCUT2D eigenvalue weighted by molar-refractivity contribution is 5.54. The van der Waals surface area contributed by atoms with Crippen molar-refractivity contribution in [3.05, 3.63) is 72.2 Å². The van der Waals surface area contributed by atoms with Gasteiger partial charge >= 0.3 is 0 Å². The van der Waals surface area contributed by atoms with Gasteiger partial charge in [-0.05, 0) is 35.9 Å². The second-order valence-corrected chi connectivity index (χ2v) is 3.40. The zero-order valence-corrected chi connectivity index (χ0v) is 8.73. The van der Waals surface area contributed by atoms with Crippen LogP contribution in [0.2, 0.25) is 0 Å². The zero-order valence-electron chi connectivity index (χ0n) is 8.73. The van der Waals surface area contributed by atoms with E-state index in [9.17, 15) is 4.39 Å². The van der Waals surface area contributed by atoms with E-state index in [1.54, 1.807) is 12.1 Å². The molecule has 0 bridgehead atoms. The fraction of sp³-hybridized carbons (Fsp3) is 0. The van der Waals surface area contributed by atoms with E-state index in [1.165, 1.54) is 12.1 Å². The van der Waals surface area contributed by atoms with Crippen molar-refractivity contribution < 1.29 is 4.39 Å². The molecule has 2 heteroatoms. The van der Waals surface area contributed by atoms with Crippen molar-refractivity contribution in [1.82, 2.24) is 0 Å².